The number of benzene rings is 1. The normalized spacial score (nSPS) is 9.53. The van der Waals surface area contributed by atoms with Crippen LogP contribution in [0.1, 0.15) is 11.1 Å². The van der Waals surface area contributed by atoms with Gasteiger partial charge in [0.05, 0.1) is 0 Å². The molecule has 1 aromatic rings. The Morgan fingerprint density at radius 1 is 1.40 bits per heavy atom. The molecule has 0 fully saturated rings. The molecule has 0 aromatic heterocycles. The molecule has 0 saturated heterocycles. The first-order chi connectivity index (χ1) is 7.15. The van der Waals surface area contributed by atoms with Crippen LogP contribution in [0, 0.1) is 13.8 Å². The number of hydrogen-bond donors (Lipinski definition) is 0. The molecule has 0 aliphatic heterocycles. The molecule has 0 aliphatic carbocycles. The minimum atomic E-state index is 0.500. The van der Waals surface area contributed by atoms with Crippen molar-refractivity contribution < 1.29 is 0 Å². The zero-order valence-electron chi connectivity index (χ0n) is 9.44. The Hall–Kier alpha value is -1.67. The van der Waals surface area contributed by atoms with E-state index in [9.17, 15) is 0 Å². The number of azide groups is 1. The van der Waals surface area contributed by atoms with Crippen molar-refractivity contribution in [3.05, 3.63) is 39.8 Å². The highest BCUT2D eigenvalue weighted by Crippen LogP contribution is 2.19. The Balaban J connectivity index is 2.72. The molecule has 0 aliphatic rings. The lowest BCUT2D eigenvalue weighted by atomic mass is 10.1. The van der Waals surface area contributed by atoms with Crippen LogP contribution >= 0.6 is 0 Å². The summed E-state index contributed by atoms with van der Waals surface area (Å²) in [6, 6.07) is 6.34. The molecule has 0 unspecified atom stereocenters. The van der Waals surface area contributed by atoms with Gasteiger partial charge >= 0.3 is 0 Å². The zero-order valence-corrected chi connectivity index (χ0v) is 9.44. The molecule has 0 heterocycles. The largest absolute Gasteiger partial charge is 0.374 e. The lowest BCUT2D eigenvalue weighted by molar-refractivity contribution is 0.876. The summed E-state index contributed by atoms with van der Waals surface area (Å²) in [4.78, 5) is 4.84. The third-order valence-electron chi connectivity index (χ3n) is 2.36. The molecule has 0 saturated carbocycles. The van der Waals surface area contributed by atoms with E-state index >= 15 is 0 Å². The first-order valence-electron chi connectivity index (χ1n) is 4.94. The van der Waals surface area contributed by atoms with E-state index in [1.807, 2.05) is 7.05 Å². The van der Waals surface area contributed by atoms with Crippen LogP contribution in [0.15, 0.2) is 23.3 Å². The summed E-state index contributed by atoms with van der Waals surface area (Å²) in [5.41, 5.74) is 11.9. The van der Waals surface area contributed by atoms with Crippen LogP contribution in [0.4, 0.5) is 5.69 Å². The molecule has 4 nitrogen and oxygen atoms in total. The van der Waals surface area contributed by atoms with Gasteiger partial charge in [-0.05, 0) is 31.0 Å². The van der Waals surface area contributed by atoms with E-state index in [1.54, 1.807) is 0 Å². The summed E-state index contributed by atoms with van der Waals surface area (Å²) in [7, 11) is 2.00. The lowest BCUT2D eigenvalue weighted by Crippen LogP contribution is -2.21. The van der Waals surface area contributed by atoms with Crippen LogP contribution in [0.25, 0.3) is 10.4 Å². The number of likely N-dealkylation sites (N-methyl/N-ethyl adjacent to an activating group) is 1. The second kappa shape index (κ2) is 5.27. The molecule has 0 amide bonds. The second-order valence-electron chi connectivity index (χ2n) is 3.67. The molecule has 0 radical (unpaired) electrons. The summed E-state index contributed by atoms with van der Waals surface area (Å²) in [6.45, 7) is 5.41. The summed E-state index contributed by atoms with van der Waals surface area (Å²) in [5, 5.41) is 3.52. The van der Waals surface area contributed by atoms with Gasteiger partial charge in [0.1, 0.15) is 0 Å². The van der Waals surface area contributed by atoms with Crippen LogP contribution in [-0.2, 0) is 0 Å². The number of aryl methyl sites for hydroxylation is 2. The Morgan fingerprint density at radius 2 is 2.13 bits per heavy atom. The highest BCUT2D eigenvalue weighted by Gasteiger charge is 2.03. The van der Waals surface area contributed by atoms with Gasteiger partial charge in [-0.15, -0.1) is 0 Å². The van der Waals surface area contributed by atoms with Gasteiger partial charge in [0.2, 0.25) is 0 Å². The first-order valence-corrected chi connectivity index (χ1v) is 4.94. The van der Waals surface area contributed by atoms with E-state index < -0.39 is 0 Å². The Morgan fingerprint density at radius 3 is 2.73 bits per heavy atom. The molecular formula is C11H16N4. The molecule has 0 atom stereocenters. The van der Waals surface area contributed by atoms with Crippen molar-refractivity contribution in [2.45, 2.75) is 13.8 Å². The van der Waals surface area contributed by atoms with E-state index in [0.717, 1.165) is 6.54 Å². The van der Waals surface area contributed by atoms with Crippen molar-refractivity contribution in [2.75, 3.05) is 25.0 Å². The number of rotatable bonds is 4. The maximum absolute atomic E-state index is 8.18. The molecule has 0 bridgehead atoms. The molecule has 0 spiro atoms. The van der Waals surface area contributed by atoms with Crippen molar-refractivity contribution in [1.82, 2.24) is 0 Å². The van der Waals surface area contributed by atoms with Crippen molar-refractivity contribution >= 4 is 5.69 Å². The molecule has 0 N–H and O–H groups in total. The highest BCUT2D eigenvalue weighted by atomic mass is 15.2. The summed E-state index contributed by atoms with van der Waals surface area (Å²) in [5.74, 6) is 0. The average molecular weight is 204 g/mol. The second-order valence-corrected chi connectivity index (χ2v) is 3.67. The number of hydrogen-bond acceptors (Lipinski definition) is 2. The standard InChI is InChI=1S/C11H16N4/c1-9-4-5-11(10(2)8-9)15(3)7-6-13-14-12/h4-5,8H,6-7H2,1-3H3. The van der Waals surface area contributed by atoms with Crippen LogP contribution in [0.5, 0.6) is 0 Å². The molecule has 80 valence electrons. The Bertz CT molecular complexity index is 380. The SMILES string of the molecule is Cc1ccc(N(C)CCN=[N+]=[N-])c(C)c1. The molecule has 1 aromatic carbocycles. The third kappa shape index (κ3) is 3.18. The summed E-state index contributed by atoms with van der Waals surface area (Å²) in [6.07, 6.45) is 0. The van der Waals surface area contributed by atoms with Crippen molar-refractivity contribution in [1.29, 1.82) is 0 Å². The van der Waals surface area contributed by atoms with Crippen molar-refractivity contribution in [3.63, 3.8) is 0 Å². The van der Waals surface area contributed by atoms with Crippen LogP contribution in [0.2, 0.25) is 0 Å². The van der Waals surface area contributed by atoms with E-state index in [1.165, 1.54) is 16.8 Å². The van der Waals surface area contributed by atoms with Crippen LogP contribution in [0.3, 0.4) is 0 Å². The quantitative estimate of drug-likeness (QED) is 0.422. The lowest BCUT2D eigenvalue weighted by Gasteiger charge is -2.20. The topological polar surface area (TPSA) is 52.0 Å². The fourth-order valence-electron chi connectivity index (χ4n) is 1.59. The molecule has 1 rings (SSSR count). The van der Waals surface area contributed by atoms with E-state index in [0.29, 0.717) is 6.54 Å². The molecular weight excluding hydrogens is 188 g/mol. The average Bonchev–Trinajstić information content (AvgIpc) is 2.17. The van der Waals surface area contributed by atoms with Crippen LogP contribution < -0.4 is 4.90 Å². The van der Waals surface area contributed by atoms with Gasteiger partial charge in [-0.25, -0.2) is 0 Å². The van der Waals surface area contributed by atoms with Gasteiger partial charge in [0.15, 0.2) is 0 Å². The maximum atomic E-state index is 8.18. The predicted octanol–water partition coefficient (Wildman–Crippen LogP) is 3.05. The summed E-state index contributed by atoms with van der Waals surface area (Å²) < 4.78 is 0. The van der Waals surface area contributed by atoms with Crippen molar-refractivity contribution in [2.24, 2.45) is 5.11 Å². The fourth-order valence-corrected chi connectivity index (χ4v) is 1.59. The monoisotopic (exact) mass is 204 g/mol. The zero-order chi connectivity index (χ0) is 11.3. The number of anilines is 1. The number of nitrogens with zero attached hydrogens (tertiary/aromatic N) is 4. The smallest absolute Gasteiger partial charge is 0.0434 e. The van der Waals surface area contributed by atoms with Gasteiger partial charge in [0.25, 0.3) is 0 Å². The van der Waals surface area contributed by atoms with Crippen molar-refractivity contribution in [3.8, 4) is 0 Å². The minimum Gasteiger partial charge on any atom is -0.374 e. The molecule has 15 heavy (non-hydrogen) atoms. The van der Waals surface area contributed by atoms with E-state index in [4.69, 9.17) is 5.53 Å². The summed E-state index contributed by atoms with van der Waals surface area (Å²) >= 11 is 0. The predicted molar refractivity (Wildman–Crippen MR) is 63.2 cm³/mol. The first kappa shape index (κ1) is 11.4. The van der Waals surface area contributed by atoms with E-state index in [2.05, 4.69) is 47.0 Å². The minimum absolute atomic E-state index is 0.500. The Kier molecular flexibility index (Phi) is 4.01. The highest BCUT2D eigenvalue weighted by molar-refractivity contribution is 5.53. The van der Waals surface area contributed by atoms with E-state index in [-0.39, 0.29) is 0 Å². The molecule has 4 heteroatoms. The van der Waals surface area contributed by atoms with Gasteiger partial charge < -0.3 is 4.90 Å². The van der Waals surface area contributed by atoms with Gasteiger partial charge in [-0.2, -0.15) is 0 Å². The Labute approximate surface area is 90.1 Å². The van der Waals surface area contributed by atoms with Gasteiger partial charge in [0, 0.05) is 30.7 Å². The van der Waals surface area contributed by atoms with Gasteiger partial charge in [-0.1, -0.05) is 22.8 Å². The van der Waals surface area contributed by atoms with Crippen LogP contribution in [-0.4, -0.2) is 20.1 Å². The maximum Gasteiger partial charge on any atom is 0.0434 e. The third-order valence-corrected chi connectivity index (χ3v) is 2.36. The fraction of sp³-hybridized carbons (Fsp3) is 0.455. The van der Waals surface area contributed by atoms with Gasteiger partial charge in [-0.3, -0.25) is 0 Å².